The van der Waals surface area contributed by atoms with E-state index in [0.717, 1.165) is 18.5 Å². The number of aromatic amines is 1. The molecular formula is C22H26FN7O2. The number of anilines is 1. The highest BCUT2D eigenvalue weighted by atomic mass is 19.1. The molecule has 2 atom stereocenters. The van der Waals surface area contributed by atoms with Crippen molar-refractivity contribution >= 4 is 17.2 Å². The van der Waals surface area contributed by atoms with Gasteiger partial charge in [-0.05, 0) is 31.4 Å². The van der Waals surface area contributed by atoms with Crippen LogP contribution in [0.1, 0.15) is 41.5 Å². The summed E-state index contributed by atoms with van der Waals surface area (Å²) in [5.41, 5.74) is 2.75. The molecule has 0 aromatic carbocycles. The van der Waals surface area contributed by atoms with Crippen LogP contribution in [-0.4, -0.2) is 62.6 Å². The minimum absolute atomic E-state index is 0.0711. The van der Waals surface area contributed by atoms with Crippen LogP contribution in [0.25, 0.3) is 5.65 Å². The highest BCUT2D eigenvalue weighted by Gasteiger charge is 2.40. The SMILES string of the molecule is CCc1cn2nc(CN3C4CCC3CN(c3ccc(C(=O)NC)nc3F)C4)cc2[nH]c1=O. The predicted octanol–water partition coefficient (Wildman–Crippen LogP) is 1.33. The Balaban J connectivity index is 1.33. The molecule has 5 rings (SSSR count). The van der Waals surface area contributed by atoms with Gasteiger partial charge in [-0.25, -0.2) is 9.50 Å². The number of fused-ring (bicyclic) bond motifs is 3. The fourth-order valence-corrected chi connectivity index (χ4v) is 4.92. The van der Waals surface area contributed by atoms with Gasteiger partial charge in [-0.2, -0.15) is 9.49 Å². The number of rotatable bonds is 5. The van der Waals surface area contributed by atoms with Crippen LogP contribution in [0.15, 0.2) is 29.2 Å². The van der Waals surface area contributed by atoms with Gasteiger partial charge < -0.3 is 15.2 Å². The first kappa shape index (κ1) is 20.6. The number of piperazine rings is 1. The maximum atomic E-state index is 14.7. The molecule has 2 N–H and O–H groups in total. The van der Waals surface area contributed by atoms with Crippen LogP contribution in [0.4, 0.5) is 10.1 Å². The number of halogens is 1. The van der Waals surface area contributed by atoms with Gasteiger partial charge in [0.25, 0.3) is 11.5 Å². The third-order valence-corrected chi connectivity index (χ3v) is 6.59. The largest absolute Gasteiger partial charge is 0.365 e. The van der Waals surface area contributed by atoms with E-state index in [-0.39, 0.29) is 23.3 Å². The van der Waals surface area contributed by atoms with Gasteiger partial charge in [0.1, 0.15) is 11.3 Å². The number of pyridine rings is 1. The molecule has 3 aromatic heterocycles. The van der Waals surface area contributed by atoms with E-state index in [9.17, 15) is 14.0 Å². The molecule has 0 saturated carbocycles. The zero-order chi connectivity index (χ0) is 22.4. The molecule has 32 heavy (non-hydrogen) atoms. The summed E-state index contributed by atoms with van der Waals surface area (Å²) in [6, 6.07) is 5.69. The van der Waals surface area contributed by atoms with Crippen LogP contribution < -0.4 is 15.8 Å². The molecule has 0 spiro atoms. The first-order valence-electron chi connectivity index (χ1n) is 11.0. The zero-order valence-corrected chi connectivity index (χ0v) is 18.1. The molecule has 1 amide bonds. The third kappa shape index (κ3) is 3.54. The van der Waals surface area contributed by atoms with E-state index in [1.165, 1.54) is 7.05 Å². The number of carbonyl (C=O) groups is 1. The Bertz CT molecular complexity index is 1220. The van der Waals surface area contributed by atoms with Gasteiger partial charge in [0.05, 0.1) is 11.4 Å². The van der Waals surface area contributed by atoms with Crippen molar-refractivity contribution in [2.75, 3.05) is 25.0 Å². The topological polar surface area (TPSA) is 98.6 Å². The molecule has 5 heterocycles. The average Bonchev–Trinajstić information content (AvgIpc) is 3.27. The standard InChI is InChI=1S/C22H26FN7O2/c1-3-13-9-30-19(26-21(13)31)8-14(27-30)10-29-15-4-5-16(29)12-28(11-15)18-7-6-17(22(32)24-2)25-20(18)23/h6-9,15-16H,3-5,10-12H2,1-2H3,(H,24,32)(H,26,31). The molecule has 2 aliphatic heterocycles. The Hall–Kier alpha value is -3.27. The number of hydrogen-bond acceptors (Lipinski definition) is 6. The lowest BCUT2D eigenvalue weighted by Crippen LogP contribution is -2.53. The summed E-state index contributed by atoms with van der Waals surface area (Å²) in [4.78, 5) is 35.0. The average molecular weight is 439 g/mol. The fourth-order valence-electron chi connectivity index (χ4n) is 4.92. The number of carbonyl (C=O) groups excluding carboxylic acids is 1. The number of nitrogens with one attached hydrogen (secondary N) is 2. The molecule has 3 aromatic rings. The lowest BCUT2D eigenvalue weighted by molar-refractivity contribution is 0.0957. The molecule has 2 aliphatic rings. The van der Waals surface area contributed by atoms with Crippen molar-refractivity contribution < 1.29 is 9.18 Å². The van der Waals surface area contributed by atoms with E-state index in [2.05, 4.69) is 25.3 Å². The van der Waals surface area contributed by atoms with Crippen LogP contribution >= 0.6 is 0 Å². The Morgan fingerprint density at radius 1 is 1.28 bits per heavy atom. The molecule has 9 nitrogen and oxygen atoms in total. The van der Waals surface area contributed by atoms with Crippen LogP contribution in [-0.2, 0) is 13.0 Å². The first-order valence-corrected chi connectivity index (χ1v) is 11.0. The monoisotopic (exact) mass is 439 g/mol. The number of aromatic nitrogens is 4. The molecule has 2 fully saturated rings. The van der Waals surface area contributed by atoms with Gasteiger partial charge in [-0.15, -0.1) is 0 Å². The molecule has 2 saturated heterocycles. The van der Waals surface area contributed by atoms with E-state index in [1.807, 2.05) is 17.9 Å². The quantitative estimate of drug-likeness (QED) is 0.582. The van der Waals surface area contributed by atoms with Gasteiger partial charge in [-0.3, -0.25) is 14.5 Å². The summed E-state index contributed by atoms with van der Waals surface area (Å²) in [7, 11) is 1.50. The number of amides is 1. The van der Waals surface area contributed by atoms with Crippen molar-refractivity contribution in [2.45, 2.75) is 44.8 Å². The number of aryl methyl sites for hydroxylation is 1. The molecular weight excluding hydrogens is 413 g/mol. The third-order valence-electron chi connectivity index (χ3n) is 6.59. The van der Waals surface area contributed by atoms with Gasteiger partial charge >= 0.3 is 0 Å². The summed E-state index contributed by atoms with van der Waals surface area (Å²) >= 11 is 0. The van der Waals surface area contributed by atoms with Gasteiger partial charge in [0, 0.05) is 56.6 Å². The minimum Gasteiger partial charge on any atom is -0.365 e. The van der Waals surface area contributed by atoms with Crippen molar-refractivity contribution in [3.05, 3.63) is 57.6 Å². The second-order valence-corrected chi connectivity index (χ2v) is 8.48. The van der Waals surface area contributed by atoms with Crippen LogP contribution in [0, 0.1) is 5.95 Å². The zero-order valence-electron chi connectivity index (χ0n) is 18.1. The molecule has 2 bridgehead atoms. The van der Waals surface area contributed by atoms with Gasteiger partial charge in [0.2, 0.25) is 5.95 Å². The normalized spacial score (nSPS) is 20.8. The molecule has 168 valence electrons. The Morgan fingerprint density at radius 3 is 2.69 bits per heavy atom. The second kappa shape index (κ2) is 8.01. The van der Waals surface area contributed by atoms with Crippen molar-refractivity contribution in [3.63, 3.8) is 0 Å². The lowest BCUT2D eigenvalue weighted by atomic mass is 10.1. The van der Waals surface area contributed by atoms with Crippen molar-refractivity contribution in [1.29, 1.82) is 0 Å². The lowest BCUT2D eigenvalue weighted by Gasteiger charge is -2.41. The number of H-pyrrole nitrogens is 1. The maximum absolute atomic E-state index is 14.7. The van der Waals surface area contributed by atoms with E-state index in [4.69, 9.17) is 0 Å². The Labute approximate surface area is 184 Å². The summed E-state index contributed by atoms with van der Waals surface area (Å²) < 4.78 is 16.4. The fraction of sp³-hybridized carbons (Fsp3) is 0.455. The molecule has 0 aliphatic carbocycles. The van der Waals surface area contributed by atoms with Crippen molar-refractivity contribution in [3.8, 4) is 0 Å². The van der Waals surface area contributed by atoms with Gasteiger partial charge in [0.15, 0.2) is 0 Å². The van der Waals surface area contributed by atoms with E-state index < -0.39 is 11.9 Å². The molecule has 2 unspecified atom stereocenters. The summed E-state index contributed by atoms with van der Waals surface area (Å²) in [5, 5.41) is 7.13. The number of hydrogen-bond donors (Lipinski definition) is 2. The second-order valence-electron chi connectivity index (χ2n) is 8.48. The molecule has 10 heteroatoms. The van der Waals surface area contributed by atoms with Gasteiger partial charge in [-0.1, -0.05) is 6.92 Å². The smallest absolute Gasteiger partial charge is 0.269 e. The maximum Gasteiger partial charge on any atom is 0.269 e. The highest BCUT2D eigenvalue weighted by Crippen LogP contribution is 2.34. The van der Waals surface area contributed by atoms with Crippen LogP contribution in [0.3, 0.4) is 0 Å². The summed E-state index contributed by atoms with van der Waals surface area (Å²) in [6.45, 7) is 4.02. The number of nitrogens with zero attached hydrogens (tertiary/aromatic N) is 5. The van der Waals surface area contributed by atoms with Crippen molar-refractivity contribution in [1.82, 2.24) is 29.8 Å². The Morgan fingerprint density at radius 2 is 2.03 bits per heavy atom. The van der Waals surface area contributed by atoms with E-state index in [1.54, 1.807) is 22.8 Å². The highest BCUT2D eigenvalue weighted by molar-refractivity contribution is 5.92. The van der Waals surface area contributed by atoms with E-state index >= 15 is 0 Å². The minimum atomic E-state index is -0.616. The predicted molar refractivity (Wildman–Crippen MR) is 117 cm³/mol. The first-order chi connectivity index (χ1) is 15.5. The Kier molecular flexibility index (Phi) is 5.16. The summed E-state index contributed by atoms with van der Waals surface area (Å²) in [6.07, 6.45) is 4.53. The van der Waals surface area contributed by atoms with Crippen LogP contribution in [0.2, 0.25) is 0 Å². The van der Waals surface area contributed by atoms with Crippen LogP contribution in [0.5, 0.6) is 0 Å². The van der Waals surface area contributed by atoms with E-state index in [0.29, 0.717) is 43.0 Å². The van der Waals surface area contributed by atoms with Crippen molar-refractivity contribution in [2.24, 2.45) is 0 Å². The summed E-state index contributed by atoms with van der Waals surface area (Å²) in [5.74, 6) is -1.02. The molecule has 0 radical (unpaired) electrons.